The Kier molecular flexibility index (Phi) is 44.5. The maximum atomic E-state index is 13.3. The lowest BCUT2D eigenvalue weighted by Gasteiger charge is -2.41. The van der Waals surface area contributed by atoms with Gasteiger partial charge < -0.3 is 45.1 Å². The zero-order chi connectivity index (χ0) is 52.5. The van der Waals surface area contributed by atoms with Crippen LogP contribution >= 0.6 is 0 Å². The summed E-state index contributed by atoms with van der Waals surface area (Å²) in [5, 5.41) is 56.6. The molecule has 0 bridgehead atoms. The predicted octanol–water partition coefficient (Wildman–Crippen LogP) is 12.5. The molecule has 1 saturated heterocycles. The largest absolute Gasteiger partial charge is 0.454 e. The van der Waals surface area contributed by atoms with E-state index in [9.17, 15) is 35.1 Å². The molecule has 8 unspecified atom stereocenters. The van der Waals surface area contributed by atoms with Crippen molar-refractivity contribution < 1.29 is 49.3 Å². The number of rotatable bonds is 45. The van der Waals surface area contributed by atoms with Gasteiger partial charge in [-0.25, -0.2) is 0 Å². The molecule has 72 heavy (non-hydrogen) atoms. The third-order valence-electron chi connectivity index (χ3n) is 12.4. The van der Waals surface area contributed by atoms with E-state index in [4.69, 9.17) is 14.2 Å². The third-order valence-corrected chi connectivity index (χ3v) is 12.4. The minimum absolute atomic E-state index is 0.0132. The summed E-state index contributed by atoms with van der Waals surface area (Å²) in [6.45, 7) is 5.55. The number of unbranched alkanes of at least 4 members (excludes halogenated alkanes) is 16. The van der Waals surface area contributed by atoms with Crippen molar-refractivity contribution in [3.8, 4) is 0 Å². The summed E-state index contributed by atoms with van der Waals surface area (Å²) in [7, 11) is 0. The third kappa shape index (κ3) is 36.3. The van der Waals surface area contributed by atoms with Gasteiger partial charge in [0, 0.05) is 12.8 Å². The van der Waals surface area contributed by atoms with Gasteiger partial charge in [-0.1, -0.05) is 220 Å². The van der Waals surface area contributed by atoms with Gasteiger partial charge in [-0.2, -0.15) is 0 Å². The van der Waals surface area contributed by atoms with Crippen molar-refractivity contribution >= 4 is 11.9 Å². The Morgan fingerprint density at radius 3 is 1.50 bits per heavy atom. The van der Waals surface area contributed by atoms with Gasteiger partial charge in [0.05, 0.1) is 25.4 Å². The van der Waals surface area contributed by atoms with Gasteiger partial charge in [0.1, 0.15) is 24.4 Å². The summed E-state index contributed by atoms with van der Waals surface area (Å²) < 4.78 is 17.4. The smallest absolute Gasteiger partial charge is 0.306 e. The van der Waals surface area contributed by atoms with Crippen molar-refractivity contribution in [2.45, 2.75) is 250 Å². The second-order valence-corrected chi connectivity index (χ2v) is 18.9. The molecule has 0 saturated carbocycles. The van der Waals surface area contributed by atoms with Crippen LogP contribution < -0.4 is 5.32 Å². The lowest BCUT2D eigenvalue weighted by Crippen LogP contribution is -2.61. The van der Waals surface area contributed by atoms with Gasteiger partial charge in [-0.15, -0.1) is 0 Å². The molecular weight excluding hydrogens is 907 g/mol. The first-order valence-electron chi connectivity index (χ1n) is 28.2. The molecular formula is C61H101NO10. The number of aliphatic hydroxyl groups excluding tert-OH is 5. The average molecular weight is 1010 g/mol. The Morgan fingerprint density at radius 2 is 1.00 bits per heavy atom. The van der Waals surface area contributed by atoms with Gasteiger partial charge >= 0.3 is 5.97 Å². The van der Waals surface area contributed by atoms with Crippen LogP contribution in [0.2, 0.25) is 0 Å². The molecule has 0 aromatic heterocycles. The van der Waals surface area contributed by atoms with Gasteiger partial charge in [-0.3, -0.25) is 9.59 Å². The van der Waals surface area contributed by atoms with Crippen LogP contribution in [-0.2, 0) is 23.8 Å². The molecule has 1 fully saturated rings. The molecule has 1 aliphatic rings. The Balaban J connectivity index is 2.81. The molecule has 11 nitrogen and oxygen atoms in total. The fourth-order valence-electron chi connectivity index (χ4n) is 7.95. The van der Waals surface area contributed by atoms with E-state index in [1.807, 2.05) is 24.3 Å². The van der Waals surface area contributed by atoms with E-state index < -0.39 is 67.4 Å². The highest BCUT2D eigenvalue weighted by Crippen LogP contribution is 2.26. The van der Waals surface area contributed by atoms with Crippen LogP contribution in [0.3, 0.4) is 0 Å². The van der Waals surface area contributed by atoms with E-state index in [0.29, 0.717) is 19.3 Å². The van der Waals surface area contributed by atoms with Crippen LogP contribution in [0.15, 0.2) is 109 Å². The van der Waals surface area contributed by atoms with Crippen LogP contribution in [0.1, 0.15) is 201 Å². The number of nitrogens with one attached hydrogen (secondary N) is 1. The molecule has 1 amide bonds. The van der Waals surface area contributed by atoms with E-state index in [0.717, 1.165) is 64.2 Å². The minimum atomic E-state index is -1.66. The molecule has 410 valence electrons. The molecule has 0 aliphatic carbocycles. The summed E-state index contributed by atoms with van der Waals surface area (Å²) in [6.07, 6.45) is 54.5. The topological polar surface area (TPSA) is 175 Å². The van der Waals surface area contributed by atoms with Crippen LogP contribution in [0, 0.1) is 0 Å². The number of carbonyl (C=O) groups is 2. The second-order valence-electron chi connectivity index (χ2n) is 18.9. The van der Waals surface area contributed by atoms with E-state index >= 15 is 0 Å². The number of hydrogen-bond donors (Lipinski definition) is 6. The second kappa shape index (κ2) is 48.3. The fourth-order valence-corrected chi connectivity index (χ4v) is 7.95. The summed E-state index contributed by atoms with van der Waals surface area (Å²) in [5.41, 5.74) is 0. The van der Waals surface area contributed by atoms with Crippen molar-refractivity contribution in [2.24, 2.45) is 0 Å². The monoisotopic (exact) mass is 1010 g/mol. The van der Waals surface area contributed by atoms with Crippen LogP contribution in [0.25, 0.3) is 0 Å². The number of esters is 1. The quantitative estimate of drug-likeness (QED) is 0.0196. The molecule has 8 atom stereocenters. The highest BCUT2D eigenvalue weighted by Gasteiger charge is 2.47. The normalized spacial score (nSPS) is 20.4. The van der Waals surface area contributed by atoms with Gasteiger partial charge in [0.2, 0.25) is 5.91 Å². The molecule has 11 heteroatoms. The van der Waals surface area contributed by atoms with Crippen LogP contribution in [0.4, 0.5) is 0 Å². The Labute approximate surface area is 437 Å². The van der Waals surface area contributed by atoms with Crippen molar-refractivity contribution in [3.05, 3.63) is 109 Å². The van der Waals surface area contributed by atoms with Crippen LogP contribution in [-0.4, -0.2) is 99.6 Å². The lowest BCUT2D eigenvalue weighted by molar-refractivity contribution is -0.305. The van der Waals surface area contributed by atoms with Gasteiger partial charge in [0.25, 0.3) is 0 Å². The van der Waals surface area contributed by atoms with Gasteiger partial charge in [-0.05, 0) is 77.0 Å². The number of allylic oxidation sites excluding steroid dienone is 16. The molecule has 6 N–H and O–H groups in total. The Bertz CT molecular complexity index is 1580. The molecule has 0 spiro atoms. The summed E-state index contributed by atoms with van der Waals surface area (Å²) in [6, 6.07) is -1.07. The summed E-state index contributed by atoms with van der Waals surface area (Å²) >= 11 is 0. The van der Waals surface area contributed by atoms with E-state index in [1.54, 1.807) is 12.2 Å². The summed E-state index contributed by atoms with van der Waals surface area (Å²) in [5.74, 6) is -1.37. The maximum absolute atomic E-state index is 13.3. The van der Waals surface area contributed by atoms with E-state index in [2.05, 4.69) is 99.0 Å². The fraction of sp³-hybridized carbons (Fsp3) is 0.672. The standard InChI is InChI=1S/C61H101NO10/c1-4-7-10-13-16-19-22-25-26-27-28-29-30-31-34-37-40-43-46-49-56(66)72-59-58(68)57(67)55(50-63)71-61(59)70-51-52(53(64)47-44-41-38-35-32-23-20-17-14-11-8-5-2)62-60(69)54(65)48-45-42-39-36-33-24-21-18-15-12-9-6-3/h7,10,16,19,25-26,28-29,31,33-34,36,40,42-45,47,52-55,57-59,61,63-65,67-68H,4-6,8-9,11-15,17-18,20-24,27,30,32,35,37-39,41,46,48-51H2,1-3H3,(H,62,69)/b10-7-,19-16-,26-25-,29-28-,34-31-,36-33-,43-40-,45-42+,47-44+. The summed E-state index contributed by atoms with van der Waals surface area (Å²) in [4.78, 5) is 26.3. The Hall–Kier alpha value is -3.68. The maximum Gasteiger partial charge on any atom is 0.306 e. The first-order chi connectivity index (χ1) is 35.2. The number of ether oxygens (including phenoxy) is 3. The number of aliphatic hydroxyl groups is 5. The number of carbonyl (C=O) groups excluding carboxylic acids is 2. The van der Waals surface area contributed by atoms with Crippen molar-refractivity contribution in [3.63, 3.8) is 0 Å². The first kappa shape index (κ1) is 66.3. The van der Waals surface area contributed by atoms with E-state index in [-0.39, 0.29) is 19.4 Å². The molecule has 0 aromatic rings. The van der Waals surface area contributed by atoms with Crippen molar-refractivity contribution in [1.29, 1.82) is 0 Å². The SMILES string of the molecule is CC/C=C\C/C=C\C/C=C\C/C=C\C/C=C\C/C=C\CCC(=O)OC1C(OCC(NC(=O)C(O)C/C=C/C/C=C\CCCCCCCC)C(O)/C=C/CCCCCCCCCCCC)OC(CO)C(O)C1O. The number of hydrogen-bond acceptors (Lipinski definition) is 10. The van der Waals surface area contributed by atoms with E-state index in [1.165, 1.54) is 83.5 Å². The zero-order valence-electron chi connectivity index (χ0n) is 45.0. The van der Waals surface area contributed by atoms with Gasteiger partial charge in [0.15, 0.2) is 12.4 Å². The minimum Gasteiger partial charge on any atom is -0.454 e. The Morgan fingerprint density at radius 1 is 0.556 bits per heavy atom. The highest BCUT2D eigenvalue weighted by atomic mass is 16.7. The first-order valence-corrected chi connectivity index (χ1v) is 28.2. The molecule has 1 aliphatic heterocycles. The molecule has 1 rings (SSSR count). The molecule has 1 heterocycles. The number of amides is 1. The lowest BCUT2D eigenvalue weighted by atomic mass is 9.99. The van der Waals surface area contributed by atoms with Crippen molar-refractivity contribution in [2.75, 3.05) is 13.2 Å². The predicted molar refractivity (Wildman–Crippen MR) is 296 cm³/mol. The van der Waals surface area contributed by atoms with Crippen LogP contribution in [0.5, 0.6) is 0 Å². The molecule has 0 aromatic carbocycles. The average Bonchev–Trinajstić information content (AvgIpc) is 3.38. The highest BCUT2D eigenvalue weighted by molar-refractivity contribution is 5.81. The molecule has 0 radical (unpaired) electrons. The zero-order valence-corrected chi connectivity index (χ0v) is 45.0. The van der Waals surface area contributed by atoms with Crippen molar-refractivity contribution in [1.82, 2.24) is 5.32 Å².